The summed E-state index contributed by atoms with van der Waals surface area (Å²) < 4.78 is 5.17. The molecular weight excluding hydrogens is 216 g/mol. The molecule has 17 heavy (non-hydrogen) atoms. The van der Waals surface area contributed by atoms with Gasteiger partial charge in [-0.05, 0) is 31.5 Å². The number of hydrogen-bond donors (Lipinski definition) is 2. The van der Waals surface area contributed by atoms with Gasteiger partial charge in [-0.25, -0.2) is 0 Å². The van der Waals surface area contributed by atoms with Crippen molar-refractivity contribution in [2.75, 3.05) is 7.11 Å². The van der Waals surface area contributed by atoms with Crippen LogP contribution in [-0.4, -0.2) is 19.1 Å². The molecule has 0 aliphatic heterocycles. The average Bonchev–Trinajstić information content (AvgIpc) is 2.27. The van der Waals surface area contributed by atoms with Gasteiger partial charge in [0.1, 0.15) is 5.75 Å². The Hall–Kier alpha value is -1.55. The lowest BCUT2D eigenvalue weighted by Crippen LogP contribution is -2.32. The molecule has 4 heteroatoms. The zero-order chi connectivity index (χ0) is 12.8. The summed E-state index contributed by atoms with van der Waals surface area (Å²) in [6.45, 7) is 3.99. The molecule has 4 nitrogen and oxygen atoms in total. The maximum Gasteiger partial charge on any atom is 0.218 e. The molecule has 3 N–H and O–H groups in total. The fourth-order valence-corrected chi connectivity index (χ4v) is 1.79. The maximum atomic E-state index is 10.8. The molecule has 0 aromatic heterocycles. The topological polar surface area (TPSA) is 64.3 Å². The fourth-order valence-electron chi connectivity index (χ4n) is 1.79. The van der Waals surface area contributed by atoms with Crippen molar-refractivity contribution in [2.24, 2.45) is 5.73 Å². The SMILES string of the molecule is COc1cccc(C(C)NC(C)CC(N)=O)c1. The van der Waals surface area contributed by atoms with Crippen molar-refractivity contribution in [1.82, 2.24) is 5.32 Å². The van der Waals surface area contributed by atoms with E-state index < -0.39 is 0 Å². The van der Waals surface area contributed by atoms with Gasteiger partial charge in [-0.2, -0.15) is 0 Å². The molecule has 0 aliphatic carbocycles. The van der Waals surface area contributed by atoms with Crippen LogP contribution >= 0.6 is 0 Å². The first kappa shape index (κ1) is 13.5. The lowest BCUT2D eigenvalue weighted by molar-refractivity contribution is -0.118. The van der Waals surface area contributed by atoms with Crippen LogP contribution in [0.25, 0.3) is 0 Å². The summed E-state index contributed by atoms with van der Waals surface area (Å²) in [6, 6.07) is 8.08. The number of carbonyl (C=O) groups excluding carboxylic acids is 1. The predicted octanol–water partition coefficient (Wildman–Crippen LogP) is 1.61. The maximum absolute atomic E-state index is 10.8. The second kappa shape index (κ2) is 6.25. The Bertz CT molecular complexity index is 379. The Morgan fingerprint density at radius 3 is 2.76 bits per heavy atom. The summed E-state index contributed by atoms with van der Waals surface area (Å²) in [5.74, 6) is 0.543. The van der Waals surface area contributed by atoms with Crippen molar-refractivity contribution in [3.05, 3.63) is 29.8 Å². The first-order valence-electron chi connectivity index (χ1n) is 5.71. The van der Waals surface area contributed by atoms with Crippen LogP contribution in [0.2, 0.25) is 0 Å². The van der Waals surface area contributed by atoms with Crippen molar-refractivity contribution in [3.8, 4) is 5.75 Å². The Morgan fingerprint density at radius 2 is 2.18 bits per heavy atom. The Balaban J connectivity index is 2.62. The first-order valence-corrected chi connectivity index (χ1v) is 5.71. The Labute approximate surface area is 102 Å². The third-order valence-electron chi connectivity index (χ3n) is 2.64. The smallest absolute Gasteiger partial charge is 0.218 e. The van der Waals surface area contributed by atoms with E-state index in [2.05, 4.69) is 5.32 Å². The molecular formula is C13H20N2O2. The second-order valence-electron chi connectivity index (χ2n) is 4.24. The van der Waals surface area contributed by atoms with Crippen LogP contribution in [0.3, 0.4) is 0 Å². The summed E-state index contributed by atoms with van der Waals surface area (Å²) in [4.78, 5) is 10.8. The molecule has 0 saturated heterocycles. The number of primary amides is 1. The highest BCUT2D eigenvalue weighted by molar-refractivity contribution is 5.74. The van der Waals surface area contributed by atoms with E-state index in [9.17, 15) is 4.79 Å². The van der Waals surface area contributed by atoms with E-state index in [1.54, 1.807) is 7.11 Å². The summed E-state index contributed by atoms with van der Waals surface area (Å²) in [5.41, 5.74) is 6.28. The number of carbonyl (C=O) groups is 1. The van der Waals surface area contributed by atoms with Gasteiger partial charge in [0, 0.05) is 18.5 Å². The second-order valence-corrected chi connectivity index (χ2v) is 4.24. The van der Waals surface area contributed by atoms with E-state index in [1.165, 1.54) is 0 Å². The lowest BCUT2D eigenvalue weighted by atomic mass is 10.1. The molecule has 2 unspecified atom stereocenters. The minimum absolute atomic E-state index is 0.0636. The third-order valence-corrected chi connectivity index (χ3v) is 2.64. The number of rotatable bonds is 6. The average molecular weight is 236 g/mol. The van der Waals surface area contributed by atoms with Crippen LogP contribution in [-0.2, 0) is 4.79 Å². The van der Waals surface area contributed by atoms with Gasteiger partial charge < -0.3 is 15.8 Å². The number of methoxy groups -OCH3 is 1. The third kappa shape index (κ3) is 4.44. The number of amides is 1. The molecule has 2 atom stereocenters. The van der Waals surface area contributed by atoms with E-state index in [-0.39, 0.29) is 18.0 Å². The van der Waals surface area contributed by atoms with Gasteiger partial charge in [0.05, 0.1) is 7.11 Å². The zero-order valence-corrected chi connectivity index (χ0v) is 10.6. The van der Waals surface area contributed by atoms with E-state index in [0.717, 1.165) is 11.3 Å². The van der Waals surface area contributed by atoms with E-state index in [1.807, 2.05) is 38.1 Å². The number of hydrogen-bond acceptors (Lipinski definition) is 3. The highest BCUT2D eigenvalue weighted by Crippen LogP contribution is 2.19. The first-order chi connectivity index (χ1) is 8.02. The number of ether oxygens (including phenoxy) is 1. The van der Waals surface area contributed by atoms with Crippen LogP contribution in [0.5, 0.6) is 5.75 Å². The summed E-state index contributed by atoms with van der Waals surface area (Å²) in [7, 11) is 1.65. The molecule has 1 aromatic carbocycles. The van der Waals surface area contributed by atoms with Gasteiger partial charge in [0.25, 0.3) is 0 Å². The Kier molecular flexibility index (Phi) is 4.97. The summed E-state index contributed by atoms with van der Waals surface area (Å²) in [6.07, 6.45) is 0.342. The molecule has 0 radical (unpaired) electrons. The predicted molar refractivity (Wildman–Crippen MR) is 67.8 cm³/mol. The highest BCUT2D eigenvalue weighted by atomic mass is 16.5. The van der Waals surface area contributed by atoms with Gasteiger partial charge >= 0.3 is 0 Å². The lowest BCUT2D eigenvalue weighted by Gasteiger charge is -2.19. The molecule has 1 aromatic rings. The molecule has 0 bridgehead atoms. The normalized spacial score (nSPS) is 14.1. The molecule has 0 fully saturated rings. The standard InChI is InChI=1S/C13H20N2O2/c1-9(7-13(14)16)15-10(2)11-5-4-6-12(8-11)17-3/h4-6,8-10,15H,7H2,1-3H3,(H2,14,16). The van der Waals surface area contributed by atoms with Crippen LogP contribution in [0.1, 0.15) is 31.9 Å². The molecule has 0 spiro atoms. The van der Waals surface area contributed by atoms with Crippen molar-refractivity contribution < 1.29 is 9.53 Å². The molecule has 94 valence electrons. The molecule has 0 saturated carbocycles. The van der Waals surface area contributed by atoms with Gasteiger partial charge in [-0.15, -0.1) is 0 Å². The van der Waals surface area contributed by atoms with Crippen molar-refractivity contribution in [2.45, 2.75) is 32.4 Å². The molecule has 0 heterocycles. The summed E-state index contributed by atoms with van der Waals surface area (Å²) in [5, 5.41) is 3.32. The van der Waals surface area contributed by atoms with Crippen molar-refractivity contribution in [1.29, 1.82) is 0 Å². The minimum atomic E-state index is -0.289. The fraction of sp³-hybridized carbons (Fsp3) is 0.462. The van der Waals surface area contributed by atoms with E-state index in [4.69, 9.17) is 10.5 Å². The summed E-state index contributed by atoms with van der Waals surface area (Å²) >= 11 is 0. The largest absolute Gasteiger partial charge is 0.497 e. The minimum Gasteiger partial charge on any atom is -0.497 e. The van der Waals surface area contributed by atoms with Crippen LogP contribution in [0.15, 0.2) is 24.3 Å². The number of nitrogens with two attached hydrogens (primary N) is 1. The van der Waals surface area contributed by atoms with Crippen LogP contribution in [0, 0.1) is 0 Å². The van der Waals surface area contributed by atoms with Crippen molar-refractivity contribution in [3.63, 3.8) is 0 Å². The van der Waals surface area contributed by atoms with E-state index in [0.29, 0.717) is 6.42 Å². The Morgan fingerprint density at radius 1 is 1.47 bits per heavy atom. The van der Waals surface area contributed by atoms with Crippen LogP contribution < -0.4 is 15.8 Å². The molecule has 1 rings (SSSR count). The quantitative estimate of drug-likeness (QED) is 0.788. The zero-order valence-electron chi connectivity index (χ0n) is 10.6. The van der Waals surface area contributed by atoms with Gasteiger partial charge in [0.15, 0.2) is 0 Å². The van der Waals surface area contributed by atoms with Gasteiger partial charge in [0.2, 0.25) is 5.91 Å². The molecule has 0 aliphatic rings. The monoisotopic (exact) mass is 236 g/mol. The van der Waals surface area contributed by atoms with Crippen molar-refractivity contribution >= 4 is 5.91 Å². The number of benzene rings is 1. The number of nitrogens with one attached hydrogen (secondary N) is 1. The van der Waals surface area contributed by atoms with Gasteiger partial charge in [-0.1, -0.05) is 12.1 Å². The molecule has 1 amide bonds. The van der Waals surface area contributed by atoms with Crippen LogP contribution in [0.4, 0.5) is 0 Å². The van der Waals surface area contributed by atoms with Gasteiger partial charge in [-0.3, -0.25) is 4.79 Å². The van der Waals surface area contributed by atoms with E-state index >= 15 is 0 Å². The highest BCUT2D eigenvalue weighted by Gasteiger charge is 2.11.